The number of carbonyl (C=O) groups is 1. The van der Waals surface area contributed by atoms with Gasteiger partial charge in [-0.25, -0.2) is 0 Å². The lowest BCUT2D eigenvalue weighted by Gasteiger charge is -2.03. The highest BCUT2D eigenvalue weighted by Crippen LogP contribution is 2.13. The first-order valence-corrected chi connectivity index (χ1v) is 10.9. The Morgan fingerprint density at radius 3 is 1.88 bits per heavy atom. The van der Waals surface area contributed by atoms with Crippen LogP contribution in [0.1, 0.15) is 118 Å². The molecule has 0 aliphatic rings. The maximum Gasteiger partial charge on any atom is 0.136 e. The van der Waals surface area contributed by atoms with Crippen molar-refractivity contribution in [3.8, 4) is 0 Å². The molecule has 0 heterocycles. The fourth-order valence-electron chi connectivity index (χ4n) is 3.08. The number of allylic oxidation sites excluding steroid dienone is 6. The number of Topliss-reactive ketones (excluding diaryl/α,β-unsaturated/α-hetero) is 1. The number of carbonyl (C=O) groups excluding carboxylic acids is 1. The van der Waals surface area contributed by atoms with Gasteiger partial charge in [0.05, 0.1) is 0 Å². The molecule has 0 N–H and O–H groups in total. The lowest BCUT2D eigenvalue weighted by molar-refractivity contribution is -0.118. The van der Waals surface area contributed by atoms with E-state index >= 15 is 0 Å². The maximum atomic E-state index is 12.1. The predicted octanol–water partition coefficient (Wildman–Crippen LogP) is 8.51. The molecule has 0 aromatic heterocycles. The molecular formula is C25H44O. The highest BCUT2D eigenvalue weighted by molar-refractivity contribution is 5.80. The van der Waals surface area contributed by atoms with Crippen molar-refractivity contribution in [2.24, 2.45) is 0 Å². The summed E-state index contributed by atoms with van der Waals surface area (Å²) in [5.74, 6) is 0.411. The molecule has 0 radical (unpaired) electrons. The van der Waals surface area contributed by atoms with Crippen molar-refractivity contribution in [2.75, 3.05) is 0 Å². The fraction of sp³-hybridized carbons (Fsp3) is 0.720. The standard InChI is InChI=1S/C25H44O/c1-6-7-8-9-10-11-12-13-20-25(26)21-24(5)19-15-18-23(4)17-14-16-22(2)3/h16,18-19H,6-15,17,20-21H2,1-5H3. The minimum Gasteiger partial charge on any atom is -0.299 e. The van der Waals surface area contributed by atoms with Crippen LogP contribution in [-0.2, 0) is 4.79 Å². The first-order valence-electron chi connectivity index (χ1n) is 10.9. The van der Waals surface area contributed by atoms with Crippen LogP contribution in [0.3, 0.4) is 0 Å². The Bertz CT molecular complexity index is 447. The lowest BCUT2D eigenvalue weighted by Crippen LogP contribution is -1.98. The van der Waals surface area contributed by atoms with E-state index in [1.165, 1.54) is 61.7 Å². The normalized spacial score (nSPS) is 12.3. The van der Waals surface area contributed by atoms with Crippen molar-refractivity contribution in [2.45, 2.75) is 118 Å². The first-order chi connectivity index (χ1) is 12.5. The van der Waals surface area contributed by atoms with Gasteiger partial charge in [0.1, 0.15) is 5.78 Å². The van der Waals surface area contributed by atoms with Crippen LogP contribution in [0.4, 0.5) is 0 Å². The predicted molar refractivity (Wildman–Crippen MR) is 118 cm³/mol. The van der Waals surface area contributed by atoms with Crippen molar-refractivity contribution in [1.29, 1.82) is 0 Å². The highest BCUT2D eigenvalue weighted by atomic mass is 16.1. The third-order valence-electron chi connectivity index (χ3n) is 4.81. The molecule has 0 saturated carbocycles. The van der Waals surface area contributed by atoms with Gasteiger partial charge >= 0.3 is 0 Å². The molecule has 0 saturated heterocycles. The van der Waals surface area contributed by atoms with Gasteiger partial charge in [0, 0.05) is 12.8 Å². The van der Waals surface area contributed by atoms with Gasteiger partial charge < -0.3 is 0 Å². The molecule has 0 atom stereocenters. The van der Waals surface area contributed by atoms with Crippen LogP contribution < -0.4 is 0 Å². The van der Waals surface area contributed by atoms with Gasteiger partial charge in [-0.1, -0.05) is 86.8 Å². The quantitative estimate of drug-likeness (QED) is 0.199. The molecule has 0 spiro atoms. The van der Waals surface area contributed by atoms with Crippen LogP contribution >= 0.6 is 0 Å². The zero-order valence-electron chi connectivity index (χ0n) is 18.3. The zero-order valence-corrected chi connectivity index (χ0v) is 18.3. The van der Waals surface area contributed by atoms with Gasteiger partial charge in [-0.3, -0.25) is 4.79 Å². The van der Waals surface area contributed by atoms with E-state index < -0.39 is 0 Å². The van der Waals surface area contributed by atoms with Crippen LogP contribution in [0.5, 0.6) is 0 Å². The number of hydrogen-bond acceptors (Lipinski definition) is 1. The van der Waals surface area contributed by atoms with Crippen molar-refractivity contribution < 1.29 is 4.79 Å². The average Bonchev–Trinajstić information content (AvgIpc) is 2.56. The number of rotatable bonds is 16. The van der Waals surface area contributed by atoms with E-state index in [0.29, 0.717) is 12.2 Å². The summed E-state index contributed by atoms with van der Waals surface area (Å²) >= 11 is 0. The fourth-order valence-corrected chi connectivity index (χ4v) is 3.08. The van der Waals surface area contributed by atoms with E-state index in [0.717, 1.165) is 32.1 Å². The summed E-state index contributed by atoms with van der Waals surface area (Å²) in [5, 5.41) is 0. The van der Waals surface area contributed by atoms with Crippen LogP contribution in [0.25, 0.3) is 0 Å². The Hall–Kier alpha value is -1.11. The average molecular weight is 361 g/mol. The van der Waals surface area contributed by atoms with Gasteiger partial charge in [-0.15, -0.1) is 0 Å². The molecule has 1 heteroatoms. The van der Waals surface area contributed by atoms with E-state index in [-0.39, 0.29) is 0 Å². The summed E-state index contributed by atoms with van der Waals surface area (Å²) in [7, 11) is 0. The van der Waals surface area contributed by atoms with E-state index in [9.17, 15) is 4.79 Å². The summed E-state index contributed by atoms with van der Waals surface area (Å²) in [5.41, 5.74) is 4.06. The molecule has 0 rings (SSSR count). The van der Waals surface area contributed by atoms with Crippen LogP contribution in [0, 0.1) is 0 Å². The number of unbranched alkanes of at least 4 members (excludes halogenated alkanes) is 7. The molecule has 26 heavy (non-hydrogen) atoms. The third-order valence-corrected chi connectivity index (χ3v) is 4.81. The zero-order chi connectivity index (χ0) is 19.6. The third kappa shape index (κ3) is 17.7. The molecule has 150 valence electrons. The largest absolute Gasteiger partial charge is 0.299 e. The molecule has 0 amide bonds. The second-order valence-corrected chi connectivity index (χ2v) is 8.10. The van der Waals surface area contributed by atoms with Crippen LogP contribution in [-0.4, -0.2) is 5.78 Å². The molecule has 0 bridgehead atoms. The Balaban J connectivity index is 3.79. The minimum atomic E-state index is 0.411. The topological polar surface area (TPSA) is 17.1 Å². The van der Waals surface area contributed by atoms with Crippen LogP contribution in [0.15, 0.2) is 34.9 Å². The molecule has 0 aliphatic carbocycles. The summed E-state index contributed by atoms with van der Waals surface area (Å²) in [6, 6.07) is 0. The molecular weight excluding hydrogens is 316 g/mol. The van der Waals surface area contributed by atoms with Crippen molar-refractivity contribution in [1.82, 2.24) is 0 Å². The van der Waals surface area contributed by atoms with Crippen molar-refractivity contribution in [3.05, 3.63) is 34.9 Å². The Kier molecular flexibility index (Phi) is 16.6. The van der Waals surface area contributed by atoms with Crippen molar-refractivity contribution >= 4 is 5.78 Å². The number of hydrogen-bond donors (Lipinski definition) is 0. The molecule has 0 aromatic carbocycles. The van der Waals surface area contributed by atoms with Crippen LogP contribution in [0.2, 0.25) is 0 Å². The minimum absolute atomic E-state index is 0.411. The van der Waals surface area contributed by atoms with E-state index in [1.807, 2.05) is 0 Å². The lowest BCUT2D eigenvalue weighted by atomic mass is 10.0. The summed E-state index contributed by atoms with van der Waals surface area (Å²) in [6.45, 7) is 10.9. The first kappa shape index (κ1) is 24.9. The Morgan fingerprint density at radius 2 is 1.27 bits per heavy atom. The highest BCUT2D eigenvalue weighted by Gasteiger charge is 2.03. The van der Waals surface area contributed by atoms with E-state index in [2.05, 4.69) is 52.8 Å². The Labute approximate surface area is 164 Å². The maximum absolute atomic E-state index is 12.1. The van der Waals surface area contributed by atoms with E-state index in [1.54, 1.807) is 0 Å². The Morgan fingerprint density at radius 1 is 0.692 bits per heavy atom. The van der Waals surface area contributed by atoms with Gasteiger partial charge in [0.25, 0.3) is 0 Å². The molecule has 1 nitrogen and oxygen atoms in total. The van der Waals surface area contributed by atoms with Gasteiger partial charge in [0.2, 0.25) is 0 Å². The van der Waals surface area contributed by atoms with Gasteiger partial charge in [-0.05, 0) is 53.4 Å². The molecule has 0 aromatic rings. The molecule has 0 fully saturated rings. The van der Waals surface area contributed by atoms with Gasteiger partial charge in [0.15, 0.2) is 0 Å². The monoisotopic (exact) mass is 360 g/mol. The van der Waals surface area contributed by atoms with Crippen molar-refractivity contribution in [3.63, 3.8) is 0 Å². The summed E-state index contributed by atoms with van der Waals surface area (Å²) < 4.78 is 0. The second-order valence-electron chi connectivity index (χ2n) is 8.10. The molecule has 0 unspecified atom stereocenters. The van der Waals surface area contributed by atoms with E-state index in [4.69, 9.17) is 0 Å². The SMILES string of the molecule is CCCCCCCCCCC(=O)CC(C)=CCC=C(C)CCC=C(C)C. The smallest absolute Gasteiger partial charge is 0.136 e. The van der Waals surface area contributed by atoms with Gasteiger partial charge in [-0.2, -0.15) is 0 Å². The summed E-state index contributed by atoms with van der Waals surface area (Å²) in [4.78, 5) is 12.1. The molecule has 0 aliphatic heterocycles. The summed E-state index contributed by atoms with van der Waals surface area (Å²) in [6.07, 6.45) is 21.8. The number of ketones is 1. The second kappa shape index (κ2) is 17.3.